The fraction of sp³-hybridized carbons (Fsp3) is 1.00. The maximum atomic E-state index is 5.57. The van der Waals surface area contributed by atoms with E-state index in [-0.39, 0.29) is 0 Å². The molecule has 0 aromatic rings. The van der Waals surface area contributed by atoms with Crippen LogP contribution in [0, 0.1) is 0 Å². The van der Waals surface area contributed by atoms with E-state index in [0.29, 0.717) is 27.2 Å². The van der Waals surface area contributed by atoms with Crippen LogP contribution in [0.2, 0.25) is 0 Å². The molecule has 0 aromatic carbocycles. The number of alkyl halides is 2. The monoisotopic (exact) mass is 214 g/mol. The van der Waals surface area contributed by atoms with Gasteiger partial charge in [0.25, 0.3) is 0 Å². The Balaban J connectivity index is 3.14. The van der Waals surface area contributed by atoms with Crippen LogP contribution in [0.15, 0.2) is 0 Å². The molecule has 0 heterocycles. The summed E-state index contributed by atoms with van der Waals surface area (Å²) in [7, 11) is 0. The Kier molecular flexibility index (Phi) is 4.02. The van der Waals surface area contributed by atoms with Crippen LogP contribution in [0.4, 0.5) is 0 Å². The molecule has 0 aliphatic carbocycles. The number of halogens is 1. The van der Waals surface area contributed by atoms with Gasteiger partial charge in [-0.05, 0) is 0 Å². The van der Waals surface area contributed by atoms with Gasteiger partial charge < -0.3 is 0 Å². The van der Waals surface area contributed by atoms with Crippen molar-refractivity contribution in [3.63, 3.8) is 0 Å². The van der Waals surface area contributed by atoms with Crippen LogP contribution in [0.25, 0.3) is 0 Å². The Hall–Kier alpha value is 0.690. The van der Waals surface area contributed by atoms with E-state index >= 15 is 0 Å². The predicted molar refractivity (Wildman–Crippen MR) is 29.0 cm³/mol. The summed E-state index contributed by atoms with van der Waals surface area (Å²) in [5, 5.41) is 0. The maximum absolute atomic E-state index is 5.57. The summed E-state index contributed by atoms with van der Waals surface area (Å²) in [6.07, 6.45) is 0. The molecule has 2 N–H and O–H groups in total. The summed E-state index contributed by atoms with van der Waals surface area (Å²) < 4.78 is 0.791. The first kappa shape index (κ1) is 7.69. The standard InChI is InChI=1S/C5H13IN/c1-4(6-3)5(2)7/h4-5H,7H2,1-3H3/q-1/t4?,5-/m0/s1. The Labute approximate surface area is 55.9 Å². The molecule has 2 heteroatoms. The van der Waals surface area contributed by atoms with E-state index in [2.05, 4.69) is 18.8 Å². The second-order valence-corrected chi connectivity index (χ2v) is 4.97. The van der Waals surface area contributed by atoms with Crippen molar-refractivity contribution in [3.8, 4) is 0 Å². The zero-order valence-corrected chi connectivity index (χ0v) is 7.27. The van der Waals surface area contributed by atoms with E-state index in [1.165, 1.54) is 0 Å². The summed E-state index contributed by atoms with van der Waals surface area (Å²) in [4.78, 5) is 2.27. The van der Waals surface area contributed by atoms with Gasteiger partial charge in [-0.1, -0.05) is 0 Å². The average molecular weight is 214 g/mol. The third-order valence-electron chi connectivity index (χ3n) is 1.07. The number of hydrogen-bond donors (Lipinski definition) is 1. The zero-order chi connectivity index (χ0) is 5.86. The normalized spacial score (nSPS) is 19.4. The Morgan fingerprint density at radius 2 is 1.86 bits per heavy atom. The van der Waals surface area contributed by atoms with Crippen molar-refractivity contribution in [2.24, 2.45) is 5.73 Å². The van der Waals surface area contributed by atoms with E-state index in [4.69, 9.17) is 5.73 Å². The van der Waals surface area contributed by atoms with Crippen molar-refractivity contribution >= 4 is 0 Å². The zero-order valence-electron chi connectivity index (χ0n) is 5.11. The van der Waals surface area contributed by atoms with E-state index < -0.39 is 0 Å². The molecule has 0 saturated carbocycles. The molecule has 0 amide bonds. The van der Waals surface area contributed by atoms with Crippen molar-refractivity contribution in [2.75, 3.05) is 4.93 Å². The predicted octanol–water partition coefficient (Wildman–Crippen LogP) is -2.56. The van der Waals surface area contributed by atoms with Crippen LogP contribution in [0.1, 0.15) is 13.8 Å². The Bertz CT molecular complexity index is 45.3. The second-order valence-electron chi connectivity index (χ2n) is 1.75. The molecular formula is C5H13IN-. The fourth-order valence-electron chi connectivity index (χ4n) is 0.199. The van der Waals surface area contributed by atoms with E-state index in [1.54, 1.807) is 0 Å². The van der Waals surface area contributed by atoms with Gasteiger partial charge in [-0.2, -0.15) is 0 Å². The number of nitrogens with two attached hydrogens (primary N) is 1. The van der Waals surface area contributed by atoms with Gasteiger partial charge in [0.05, 0.1) is 0 Å². The molecule has 0 aromatic heterocycles. The van der Waals surface area contributed by atoms with Crippen LogP contribution in [0.3, 0.4) is 0 Å². The van der Waals surface area contributed by atoms with Crippen molar-refractivity contribution in [1.29, 1.82) is 0 Å². The molecule has 46 valence electrons. The molecule has 0 rings (SSSR count). The molecule has 0 fully saturated rings. The quantitative estimate of drug-likeness (QED) is 0.397. The summed E-state index contributed by atoms with van der Waals surface area (Å²) >= 11 is 0.379. The van der Waals surface area contributed by atoms with Crippen molar-refractivity contribution in [2.45, 2.75) is 23.8 Å². The number of rotatable bonds is 2. The molecule has 7 heavy (non-hydrogen) atoms. The molecule has 0 aliphatic heterocycles. The van der Waals surface area contributed by atoms with Crippen LogP contribution < -0.4 is 26.9 Å². The van der Waals surface area contributed by atoms with E-state index in [9.17, 15) is 0 Å². The molecule has 0 aliphatic rings. The van der Waals surface area contributed by atoms with Crippen molar-refractivity contribution < 1.29 is 21.2 Å². The molecule has 0 bridgehead atoms. The van der Waals surface area contributed by atoms with Crippen molar-refractivity contribution in [1.82, 2.24) is 0 Å². The average Bonchev–Trinajstić information content (AvgIpc) is 1.65. The molecule has 0 spiro atoms. The third-order valence-corrected chi connectivity index (χ3v) is 4.17. The summed E-state index contributed by atoms with van der Waals surface area (Å²) in [6, 6.07) is 0.415. The minimum atomic E-state index is 0.379. The fourth-order valence-corrected chi connectivity index (χ4v) is 1.33. The Morgan fingerprint density at radius 3 is 1.86 bits per heavy atom. The van der Waals surface area contributed by atoms with E-state index in [1.807, 2.05) is 0 Å². The SMILES string of the molecule is C[I-]C(C)[C@H](C)N. The van der Waals surface area contributed by atoms with Gasteiger partial charge in [0, 0.05) is 0 Å². The van der Waals surface area contributed by atoms with E-state index in [0.717, 1.165) is 3.92 Å². The first-order valence-corrected chi connectivity index (χ1v) is 5.82. The van der Waals surface area contributed by atoms with Gasteiger partial charge in [-0.15, -0.1) is 0 Å². The van der Waals surface area contributed by atoms with Crippen molar-refractivity contribution in [3.05, 3.63) is 0 Å². The topological polar surface area (TPSA) is 26.0 Å². The van der Waals surface area contributed by atoms with Crippen LogP contribution in [-0.4, -0.2) is 14.9 Å². The van der Waals surface area contributed by atoms with Gasteiger partial charge >= 0.3 is 55.7 Å². The molecule has 0 saturated heterocycles. The first-order valence-electron chi connectivity index (χ1n) is 2.42. The number of hydrogen-bond acceptors (Lipinski definition) is 1. The summed E-state index contributed by atoms with van der Waals surface area (Å²) in [5.41, 5.74) is 5.57. The van der Waals surface area contributed by atoms with Gasteiger partial charge in [0.1, 0.15) is 0 Å². The Morgan fingerprint density at radius 1 is 1.43 bits per heavy atom. The summed E-state index contributed by atoms with van der Waals surface area (Å²) in [5.74, 6) is 0. The van der Waals surface area contributed by atoms with Crippen LogP contribution in [-0.2, 0) is 0 Å². The summed E-state index contributed by atoms with van der Waals surface area (Å²) in [6.45, 7) is 4.30. The second kappa shape index (κ2) is 3.66. The van der Waals surface area contributed by atoms with Gasteiger partial charge in [-0.3, -0.25) is 0 Å². The first-order chi connectivity index (χ1) is 3.18. The minimum absolute atomic E-state index is 0.379. The molecular weight excluding hydrogens is 201 g/mol. The van der Waals surface area contributed by atoms with Crippen LogP contribution in [0.5, 0.6) is 0 Å². The van der Waals surface area contributed by atoms with Gasteiger partial charge in [0.2, 0.25) is 0 Å². The molecule has 2 atom stereocenters. The molecule has 0 radical (unpaired) electrons. The molecule has 1 unspecified atom stereocenters. The van der Waals surface area contributed by atoms with Gasteiger partial charge in [0.15, 0.2) is 0 Å². The van der Waals surface area contributed by atoms with Gasteiger partial charge in [-0.25, -0.2) is 0 Å². The van der Waals surface area contributed by atoms with Crippen LogP contribution >= 0.6 is 0 Å². The third kappa shape index (κ3) is 3.29. The molecule has 1 nitrogen and oxygen atoms in total.